The first-order valence-electron chi connectivity index (χ1n) is 11.9. The molecule has 2 aliphatic heterocycles. The summed E-state index contributed by atoms with van der Waals surface area (Å²) < 4.78 is 9.72. The van der Waals surface area contributed by atoms with Crippen LogP contribution >= 0.6 is 0 Å². The molecule has 0 unspecified atom stereocenters. The minimum Gasteiger partial charge on any atom is -0.364 e. The Hall–Kier alpha value is -3.14. The second-order valence-corrected chi connectivity index (χ2v) is 8.48. The van der Waals surface area contributed by atoms with E-state index in [0.717, 1.165) is 42.8 Å². The molecule has 0 bridgehead atoms. The minimum absolute atomic E-state index is 0.0934. The monoisotopic (exact) mass is 436 g/mol. The molecular weight excluding hydrogens is 406 g/mol. The lowest BCUT2D eigenvalue weighted by molar-refractivity contribution is -0.134. The van der Waals surface area contributed by atoms with Crippen molar-refractivity contribution in [3.05, 3.63) is 24.5 Å². The highest BCUT2D eigenvalue weighted by molar-refractivity contribution is 5.86. The SMILES string of the molecule is [2H]CN1CCC[C@H]1C(=O)N1CC[C@H](Nc2ncnc3c2nc(-c2cnc(C)nc2)n3CC)C1. The number of rotatable bonds is 5. The van der Waals surface area contributed by atoms with Crippen LogP contribution in [0.15, 0.2) is 18.7 Å². The van der Waals surface area contributed by atoms with E-state index in [4.69, 9.17) is 6.35 Å². The zero-order valence-electron chi connectivity index (χ0n) is 19.5. The van der Waals surface area contributed by atoms with Crippen molar-refractivity contribution in [2.75, 3.05) is 32.0 Å². The number of hydrogen-bond donors (Lipinski definition) is 1. The molecule has 2 fully saturated rings. The predicted octanol–water partition coefficient (Wildman–Crippen LogP) is 1.72. The molecule has 0 aliphatic carbocycles. The maximum atomic E-state index is 13.0. The van der Waals surface area contributed by atoms with E-state index in [1.54, 1.807) is 18.7 Å². The number of likely N-dealkylation sites (N-methyl/N-ethyl adjacent to an activating group) is 1. The van der Waals surface area contributed by atoms with Gasteiger partial charge in [0.1, 0.15) is 18.0 Å². The summed E-state index contributed by atoms with van der Waals surface area (Å²) >= 11 is 0. The number of aromatic nitrogens is 6. The van der Waals surface area contributed by atoms with Crippen molar-refractivity contribution in [2.24, 2.45) is 0 Å². The Labute approximate surface area is 188 Å². The molecule has 5 rings (SSSR count). The Bertz CT molecular complexity index is 1150. The average molecular weight is 437 g/mol. The van der Waals surface area contributed by atoms with E-state index in [2.05, 4.69) is 32.2 Å². The highest BCUT2D eigenvalue weighted by Crippen LogP contribution is 2.28. The van der Waals surface area contributed by atoms with Gasteiger partial charge in [-0.2, -0.15) is 0 Å². The first kappa shape index (κ1) is 19.5. The summed E-state index contributed by atoms with van der Waals surface area (Å²) in [5.41, 5.74) is 2.30. The minimum atomic E-state index is -0.147. The number of likely N-dealkylation sites (tertiary alicyclic amines) is 2. The average Bonchev–Trinajstić information content (AvgIpc) is 3.57. The van der Waals surface area contributed by atoms with E-state index in [9.17, 15) is 4.79 Å². The number of imidazole rings is 1. The summed E-state index contributed by atoms with van der Waals surface area (Å²) in [6.07, 6.45) is 7.78. The molecule has 3 aromatic heterocycles. The molecule has 32 heavy (non-hydrogen) atoms. The summed E-state index contributed by atoms with van der Waals surface area (Å²) in [7, 11) is 0.180. The van der Waals surface area contributed by atoms with E-state index in [0.29, 0.717) is 36.8 Å². The predicted molar refractivity (Wildman–Crippen MR) is 121 cm³/mol. The van der Waals surface area contributed by atoms with Gasteiger partial charge in [0.05, 0.1) is 11.6 Å². The van der Waals surface area contributed by atoms with E-state index in [-0.39, 0.29) is 25.0 Å². The molecule has 0 aromatic carbocycles. The van der Waals surface area contributed by atoms with Gasteiger partial charge in [-0.05, 0) is 46.7 Å². The topological polar surface area (TPSA) is 105 Å². The van der Waals surface area contributed by atoms with Gasteiger partial charge in [-0.15, -0.1) is 0 Å². The van der Waals surface area contributed by atoms with Crippen LogP contribution in [0.2, 0.25) is 0 Å². The number of nitrogens with zero attached hydrogens (tertiary/aromatic N) is 8. The van der Waals surface area contributed by atoms with Gasteiger partial charge in [0.25, 0.3) is 0 Å². The number of carbonyl (C=O) groups excluding carboxylic acids is 1. The molecule has 0 radical (unpaired) electrons. The molecule has 2 aliphatic rings. The largest absolute Gasteiger partial charge is 0.364 e. The first-order valence-corrected chi connectivity index (χ1v) is 11.2. The highest BCUT2D eigenvalue weighted by Gasteiger charge is 2.35. The summed E-state index contributed by atoms with van der Waals surface area (Å²) in [6, 6.07) is -0.0533. The van der Waals surface area contributed by atoms with Gasteiger partial charge >= 0.3 is 0 Å². The van der Waals surface area contributed by atoms with Crippen LogP contribution in [0.5, 0.6) is 0 Å². The van der Waals surface area contributed by atoms with Crippen molar-refractivity contribution in [1.82, 2.24) is 39.3 Å². The Morgan fingerprint density at radius 3 is 2.84 bits per heavy atom. The van der Waals surface area contributed by atoms with Gasteiger partial charge in [0.2, 0.25) is 5.91 Å². The van der Waals surface area contributed by atoms with Crippen LogP contribution in [0, 0.1) is 6.92 Å². The third kappa shape index (κ3) is 3.68. The maximum absolute atomic E-state index is 13.0. The third-order valence-electron chi connectivity index (χ3n) is 6.38. The van der Waals surface area contributed by atoms with E-state index >= 15 is 0 Å². The van der Waals surface area contributed by atoms with Gasteiger partial charge in [0.15, 0.2) is 17.0 Å². The zero-order valence-corrected chi connectivity index (χ0v) is 18.5. The van der Waals surface area contributed by atoms with Gasteiger partial charge < -0.3 is 14.8 Å². The van der Waals surface area contributed by atoms with Crippen LogP contribution in [-0.4, -0.2) is 83.9 Å². The Morgan fingerprint density at radius 2 is 2.06 bits per heavy atom. The lowest BCUT2D eigenvalue weighted by Crippen LogP contribution is -2.44. The van der Waals surface area contributed by atoms with Crippen LogP contribution in [0.3, 0.4) is 0 Å². The molecule has 2 saturated heterocycles. The zero-order chi connectivity index (χ0) is 22.9. The van der Waals surface area contributed by atoms with Crippen molar-refractivity contribution < 1.29 is 6.17 Å². The lowest BCUT2D eigenvalue weighted by Gasteiger charge is -2.25. The lowest BCUT2D eigenvalue weighted by atomic mass is 10.2. The van der Waals surface area contributed by atoms with Crippen molar-refractivity contribution >= 4 is 22.9 Å². The van der Waals surface area contributed by atoms with Crippen molar-refractivity contribution in [3.63, 3.8) is 0 Å². The molecule has 0 spiro atoms. The van der Waals surface area contributed by atoms with Gasteiger partial charge in [0, 0.05) is 39.4 Å². The maximum Gasteiger partial charge on any atom is 0.239 e. The quantitative estimate of drug-likeness (QED) is 0.645. The smallest absolute Gasteiger partial charge is 0.239 e. The Balaban J connectivity index is 1.36. The first-order chi connectivity index (χ1) is 16.1. The number of amides is 1. The number of nitrogens with one attached hydrogen (secondary N) is 1. The normalized spacial score (nSPS) is 21.9. The van der Waals surface area contributed by atoms with Crippen LogP contribution < -0.4 is 5.32 Å². The second kappa shape index (κ2) is 8.42. The van der Waals surface area contributed by atoms with Crippen LogP contribution in [-0.2, 0) is 11.3 Å². The molecule has 5 heterocycles. The fourth-order valence-corrected chi connectivity index (χ4v) is 4.66. The van der Waals surface area contributed by atoms with E-state index in [1.807, 2.05) is 21.3 Å². The number of carbonyl (C=O) groups is 1. The van der Waals surface area contributed by atoms with E-state index in [1.165, 1.54) is 0 Å². The molecule has 10 heteroatoms. The number of aryl methyl sites for hydroxylation is 2. The van der Waals surface area contributed by atoms with Crippen molar-refractivity contribution in [3.8, 4) is 11.4 Å². The molecular formula is C22H29N9O. The summed E-state index contributed by atoms with van der Waals surface area (Å²) in [5.74, 6) is 2.29. The summed E-state index contributed by atoms with van der Waals surface area (Å²) in [4.78, 5) is 39.3. The van der Waals surface area contributed by atoms with Gasteiger partial charge in [-0.3, -0.25) is 9.69 Å². The fraction of sp³-hybridized carbons (Fsp3) is 0.545. The molecule has 10 nitrogen and oxygen atoms in total. The fourth-order valence-electron chi connectivity index (χ4n) is 4.66. The van der Waals surface area contributed by atoms with Gasteiger partial charge in [-0.1, -0.05) is 0 Å². The summed E-state index contributed by atoms with van der Waals surface area (Å²) in [5, 5.41) is 3.51. The Kier molecular flexibility index (Phi) is 5.14. The Morgan fingerprint density at radius 1 is 1.22 bits per heavy atom. The van der Waals surface area contributed by atoms with E-state index < -0.39 is 0 Å². The highest BCUT2D eigenvalue weighted by atomic mass is 16.2. The number of fused-ring (bicyclic) bond motifs is 1. The van der Waals surface area contributed by atoms with Crippen LogP contribution in [0.4, 0.5) is 5.82 Å². The number of hydrogen-bond acceptors (Lipinski definition) is 8. The van der Waals surface area contributed by atoms with Crippen LogP contribution in [0.25, 0.3) is 22.6 Å². The molecule has 1 N–H and O–H groups in total. The standard InChI is InChI=1S/C22H29N9O/c1-4-31-20(15-10-23-14(2)24-11-15)28-18-19(25-13-26-21(18)31)27-16-7-9-30(12-16)22(32)17-6-5-8-29(17)3/h10-11,13,16-17H,4-9,12H2,1-3H3,(H,25,26,27)/t16-,17-/m0/s1/i3D. The molecule has 0 saturated carbocycles. The van der Waals surface area contributed by atoms with Gasteiger partial charge in [-0.25, -0.2) is 24.9 Å². The molecule has 2 atom stereocenters. The molecule has 1 amide bonds. The van der Waals surface area contributed by atoms with Crippen molar-refractivity contribution in [2.45, 2.75) is 51.7 Å². The molecule has 168 valence electrons. The number of anilines is 1. The van der Waals surface area contributed by atoms with Crippen LogP contribution in [0.1, 0.15) is 33.4 Å². The second-order valence-electron chi connectivity index (χ2n) is 8.48. The molecule has 3 aromatic rings. The summed E-state index contributed by atoms with van der Waals surface area (Å²) in [6.45, 7) is 6.78. The third-order valence-corrected chi connectivity index (χ3v) is 6.38. The van der Waals surface area contributed by atoms with Crippen molar-refractivity contribution in [1.29, 1.82) is 0 Å².